The van der Waals surface area contributed by atoms with Crippen molar-refractivity contribution in [3.8, 4) is 5.75 Å². The number of aromatic amines is 1. The van der Waals surface area contributed by atoms with Gasteiger partial charge in [0.25, 0.3) is 0 Å². The molecule has 5 heteroatoms. The average molecular weight is 326 g/mol. The van der Waals surface area contributed by atoms with Crippen molar-refractivity contribution in [3.63, 3.8) is 0 Å². The first-order chi connectivity index (χ1) is 11.5. The summed E-state index contributed by atoms with van der Waals surface area (Å²) < 4.78 is 11.0. The molecule has 3 rings (SSSR count). The number of rotatable bonds is 5. The normalized spacial score (nSPS) is 11.4. The maximum Gasteiger partial charge on any atom is 0.357 e. The molecule has 5 nitrogen and oxygen atoms in total. The summed E-state index contributed by atoms with van der Waals surface area (Å²) in [6, 6.07) is 5.96. The number of carbonyl (C=O) groups is 1. The predicted octanol–water partition coefficient (Wildman–Crippen LogP) is 4.24. The van der Waals surface area contributed by atoms with E-state index in [2.05, 4.69) is 9.97 Å². The van der Waals surface area contributed by atoms with E-state index < -0.39 is 0 Å². The molecular weight excluding hydrogens is 304 g/mol. The van der Waals surface area contributed by atoms with Crippen LogP contribution in [0.1, 0.15) is 43.7 Å². The smallest absolute Gasteiger partial charge is 0.357 e. The van der Waals surface area contributed by atoms with E-state index in [-0.39, 0.29) is 12.1 Å². The number of fused-ring (bicyclic) bond motifs is 3. The molecule has 0 amide bonds. The maximum absolute atomic E-state index is 12.2. The molecule has 0 saturated heterocycles. The second-order valence-electron chi connectivity index (χ2n) is 5.95. The summed E-state index contributed by atoms with van der Waals surface area (Å²) in [4.78, 5) is 19.9. The van der Waals surface area contributed by atoms with Gasteiger partial charge in [0.2, 0.25) is 0 Å². The van der Waals surface area contributed by atoms with E-state index in [0.717, 1.165) is 33.1 Å². The molecule has 0 bridgehead atoms. The second-order valence-corrected chi connectivity index (χ2v) is 5.95. The highest BCUT2D eigenvalue weighted by molar-refractivity contribution is 6.11. The maximum atomic E-state index is 12.2. The van der Waals surface area contributed by atoms with Crippen LogP contribution in [0.25, 0.3) is 21.8 Å². The van der Waals surface area contributed by atoms with Gasteiger partial charge in [-0.3, -0.25) is 0 Å². The number of benzene rings is 1. The predicted molar refractivity (Wildman–Crippen MR) is 94.7 cm³/mol. The van der Waals surface area contributed by atoms with E-state index in [0.29, 0.717) is 18.7 Å². The highest BCUT2D eigenvalue weighted by Crippen LogP contribution is 2.32. The number of nitrogens with one attached hydrogen (secondary N) is 1. The van der Waals surface area contributed by atoms with Crippen molar-refractivity contribution in [2.75, 3.05) is 6.61 Å². The fraction of sp³-hybridized carbons (Fsp3) is 0.368. The van der Waals surface area contributed by atoms with E-state index in [1.165, 1.54) is 0 Å². The van der Waals surface area contributed by atoms with Crippen LogP contribution in [0.3, 0.4) is 0 Å². The van der Waals surface area contributed by atoms with Crippen molar-refractivity contribution in [1.82, 2.24) is 9.97 Å². The Hall–Kier alpha value is -2.56. The molecule has 126 valence electrons. The fourth-order valence-corrected chi connectivity index (χ4v) is 3.00. The molecule has 0 radical (unpaired) electrons. The number of nitrogens with zero attached hydrogens (tertiary/aromatic N) is 1. The van der Waals surface area contributed by atoms with Crippen molar-refractivity contribution in [3.05, 3.63) is 35.7 Å². The Morgan fingerprint density at radius 3 is 2.71 bits per heavy atom. The first-order valence-corrected chi connectivity index (χ1v) is 8.32. The molecule has 0 aliphatic carbocycles. The largest absolute Gasteiger partial charge is 0.491 e. The minimum absolute atomic E-state index is 0.107. The van der Waals surface area contributed by atoms with Crippen LogP contribution in [0.5, 0.6) is 5.75 Å². The average Bonchev–Trinajstić information content (AvgIpc) is 2.91. The Morgan fingerprint density at radius 1 is 1.25 bits per heavy atom. The van der Waals surface area contributed by atoms with Gasteiger partial charge in [0.05, 0.1) is 24.4 Å². The number of carbonyl (C=O) groups excluding carboxylic acids is 1. The second kappa shape index (κ2) is 6.51. The molecule has 2 heterocycles. The summed E-state index contributed by atoms with van der Waals surface area (Å²) in [5.74, 6) is 0.440. The van der Waals surface area contributed by atoms with Crippen LogP contribution in [0.2, 0.25) is 0 Å². The molecular formula is C19H22N2O3. The summed E-state index contributed by atoms with van der Waals surface area (Å²) in [5, 5.41) is 2.05. The van der Waals surface area contributed by atoms with Crippen molar-refractivity contribution in [1.29, 1.82) is 0 Å². The number of ether oxygens (including phenoxy) is 2. The van der Waals surface area contributed by atoms with E-state index >= 15 is 0 Å². The Kier molecular flexibility index (Phi) is 4.42. The van der Waals surface area contributed by atoms with Crippen LogP contribution in [0, 0.1) is 0 Å². The van der Waals surface area contributed by atoms with Crippen LogP contribution in [-0.2, 0) is 11.2 Å². The quantitative estimate of drug-likeness (QED) is 0.712. The molecule has 0 unspecified atom stereocenters. The molecule has 24 heavy (non-hydrogen) atoms. The lowest BCUT2D eigenvalue weighted by Gasteiger charge is -2.10. The molecule has 0 atom stereocenters. The number of esters is 1. The summed E-state index contributed by atoms with van der Waals surface area (Å²) in [7, 11) is 0. The van der Waals surface area contributed by atoms with Crippen LogP contribution in [-0.4, -0.2) is 28.6 Å². The van der Waals surface area contributed by atoms with Gasteiger partial charge in [0.15, 0.2) is 5.69 Å². The number of aryl methyl sites for hydroxylation is 1. The van der Waals surface area contributed by atoms with Gasteiger partial charge in [-0.25, -0.2) is 9.78 Å². The van der Waals surface area contributed by atoms with Crippen molar-refractivity contribution >= 4 is 27.8 Å². The molecule has 0 fully saturated rings. The molecule has 0 spiro atoms. The van der Waals surface area contributed by atoms with Crippen molar-refractivity contribution in [2.45, 2.75) is 40.2 Å². The van der Waals surface area contributed by atoms with Gasteiger partial charge < -0.3 is 14.5 Å². The summed E-state index contributed by atoms with van der Waals surface area (Å²) >= 11 is 0. The first-order valence-electron chi connectivity index (χ1n) is 8.32. The SMILES string of the molecule is CCOC(=O)c1ncc2[nH]c3ccc(OC(C)C)cc3c2c1CC. The van der Waals surface area contributed by atoms with Gasteiger partial charge in [-0.05, 0) is 51.0 Å². The molecule has 1 N–H and O–H groups in total. The zero-order valence-electron chi connectivity index (χ0n) is 14.5. The molecule has 0 aliphatic rings. The van der Waals surface area contributed by atoms with Crippen molar-refractivity contribution in [2.24, 2.45) is 0 Å². The number of hydrogen-bond acceptors (Lipinski definition) is 4. The molecule has 3 aromatic rings. The lowest BCUT2D eigenvalue weighted by molar-refractivity contribution is 0.0518. The summed E-state index contributed by atoms with van der Waals surface area (Å²) in [6.45, 7) is 8.15. The number of hydrogen-bond donors (Lipinski definition) is 1. The summed E-state index contributed by atoms with van der Waals surface area (Å²) in [6.07, 6.45) is 2.50. The minimum atomic E-state index is -0.375. The fourth-order valence-electron chi connectivity index (χ4n) is 3.00. The number of H-pyrrole nitrogens is 1. The molecule has 2 aromatic heterocycles. The number of aromatic nitrogens is 2. The third-order valence-corrected chi connectivity index (χ3v) is 3.90. The van der Waals surface area contributed by atoms with Crippen LogP contribution >= 0.6 is 0 Å². The lowest BCUT2D eigenvalue weighted by Crippen LogP contribution is -2.10. The van der Waals surface area contributed by atoms with Gasteiger partial charge >= 0.3 is 5.97 Å². The van der Waals surface area contributed by atoms with Gasteiger partial charge in [-0.15, -0.1) is 0 Å². The van der Waals surface area contributed by atoms with Gasteiger partial charge in [0.1, 0.15) is 5.75 Å². The van der Waals surface area contributed by atoms with Gasteiger partial charge in [0, 0.05) is 16.3 Å². The van der Waals surface area contributed by atoms with E-state index in [9.17, 15) is 4.79 Å². The minimum Gasteiger partial charge on any atom is -0.491 e. The summed E-state index contributed by atoms with van der Waals surface area (Å²) in [5.41, 5.74) is 3.21. The Morgan fingerprint density at radius 2 is 2.04 bits per heavy atom. The zero-order valence-corrected chi connectivity index (χ0v) is 14.5. The standard InChI is InChI=1S/C19H22N2O3/c1-5-13-17-14-9-12(24-11(3)4)7-8-15(14)21-16(17)10-20-18(13)19(22)23-6-2/h7-11,21H,5-6H2,1-4H3. The number of pyridine rings is 1. The van der Waals surface area contributed by atoms with Crippen LogP contribution in [0.15, 0.2) is 24.4 Å². The first kappa shape index (κ1) is 16.3. The van der Waals surface area contributed by atoms with Crippen LogP contribution in [0.4, 0.5) is 0 Å². The van der Waals surface area contributed by atoms with E-state index in [1.54, 1.807) is 13.1 Å². The van der Waals surface area contributed by atoms with E-state index in [4.69, 9.17) is 9.47 Å². The highest BCUT2D eigenvalue weighted by atomic mass is 16.5. The molecule has 0 aliphatic heterocycles. The van der Waals surface area contributed by atoms with Crippen molar-refractivity contribution < 1.29 is 14.3 Å². The Bertz CT molecular complexity index is 896. The van der Waals surface area contributed by atoms with E-state index in [1.807, 2.05) is 39.0 Å². The monoisotopic (exact) mass is 326 g/mol. The molecule has 0 saturated carbocycles. The zero-order chi connectivity index (χ0) is 17.3. The third-order valence-electron chi connectivity index (χ3n) is 3.90. The van der Waals surface area contributed by atoms with Gasteiger partial charge in [-0.1, -0.05) is 6.92 Å². The van der Waals surface area contributed by atoms with Crippen LogP contribution < -0.4 is 4.74 Å². The van der Waals surface area contributed by atoms with Gasteiger partial charge in [-0.2, -0.15) is 0 Å². The Labute approximate surface area is 141 Å². The Balaban J connectivity index is 2.25. The lowest BCUT2D eigenvalue weighted by atomic mass is 10.0. The third kappa shape index (κ3) is 2.82. The highest BCUT2D eigenvalue weighted by Gasteiger charge is 2.19. The molecule has 1 aromatic carbocycles. The topological polar surface area (TPSA) is 64.2 Å².